The normalized spacial score (nSPS) is 11.4. The lowest BCUT2D eigenvalue weighted by Crippen LogP contribution is -2.38. The predicted molar refractivity (Wildman–Crippen MR) is 99.4 cm³/mol. The second kappa shape index (κ2) is 18.0. The van der Waals surface area contributed by atoms with E-state index in [9.17, 15) is 4.79 Å². The van der Waals surface area contributed by atoms with E-state index in [1.54, 1.807) is 7.05 Å². The zero-order valence-corrected chi connectivity index (χ0v) is 15.9. The Morgan fingerprint density at radius 3 is 2.25 bits per heavy atom. The number of carbonyl (C=O) groups excluding carboxylic acids is 1. The number of esters is 1. The van der Waals surface area contributed by atoms with Gasteiger partial charge in [-0.05, 0) is 32.6 Å². The molecule has 6 heteroatoms. The van der Waals surface area contributed by atoms with Crippen molar-refractivity contribution in [3.63, 3.8) is 0 Å². The molecule has 2 N–H and O–H groups in total. The summed E-state index contributed by atoms with van der Waals surface area (Å²) in [5.74, 6) is 0.758. The van der Waals surface area contributed by atoms with E-state index in [0.717, 1.165) is 70.8 Å². The van der Waals surface area contributed by atoms with Crippen molar-refractivity contribution in [2.24, 2.45) is 4.99 Å². The number of ether oxygens (including phenoxy) is 2. The molecule has 0 heterocycles. The number of unbranched alkanes of at least 4 members (excludes halogenated alkanes) is 4. The van der Waals surface area contributed by atoms with Crippen molar-refractivity contribution < 1.29 is 14.3 Å². The third-order valence-electron chi connectivity index (χ3n) is 3.53. The third kappa shape index (κ3) is 15.6. The molecule has 6 nitrogen and oxygen atoms in total. The number of rotatable bonds is 15. The van der Waals surface area contributed by atoms with Gasteiger partial charge in [-0.1, -0.05) is 26.2 Å². The summed E-state index contributed by atoms with van der Waals surface area (Å²) < 4.78 is 10.4. The van der Waals surface area contributed by atoms with Crippen molar-refractivity contribution in [1.82, 2.24) is 10.6 Å². The van der Waals surface area contributed by atoms with Gasteiger partial charge in [0.05, 0.1) is 6.61 Å². The minimum atomic E-state index is -0.0844. The van der Waals surface area contributed by atoms with Crippen LogP contribution in [0.2, 0.25) is 0 Å². The van der Waals surface area contributed by atoms with Crippen LogP contribution < -0.4 is 10.6 Å². The second-order valence-corrected chi connectivity index (χ2v) is 5.71. The van der Waals surface area contributed by atoms with E-state index in [1.807, 2.05) is 6.92 Å². The van der Waals surface area contributed by atoms with Gasteiger partial charge in [-0.25, -0.2) is 0 Å². The van der Waals surface area contributed by atoms with Gasteiger partial charge in [-0.2, -0.15) is 0 Å². The summed E-state index contributed by atoms with van der Waals surface area (Å²) >= 11 is 0. The number of nitrogens with zero attached hydrogens (tertiary/aromatic N) is 1. The Kier molecular flexibility index (Phi) is 17.1. The molecule has 0 amide bonds. The summed E-state index contributed by atoms with van der Waals surface area (Å²) in [5, 5.41) is 6.60. The Hall–Kier alpha value is -1.30. The van der Waals surface area contributed by atoms with Crippen LogP contribution >= 0.6 is 0 Å². The number of guanidine groups is 1. The van der Waals surface area contributed by atoms with Crippen molar-refractivity contribution in [1.29, 1.82) is 0 Å². The fraction of sp³-hybridized carbons (Fsp3) is 0.889. The molecule has 0 atom stereocenters. The largest absolute Gasteiger partial charge is 0.466 e. The molecule has 0 rings (SSSR count). The third-order valence-corrected chi connectivity index (χ3v) is 3.53. The molecule has 0 spiro atoms. The quantitative estimate of drug-likeness (QED) is 0.207. The Morgan fingerprint density at radius 2 is 1.58 bits per heavy atom. The maximum absolute atomic E-state index is 11.2. The predicted octanol–water partition coefficient (Wildman–Crippen LogP) is 2.87. The van der Waals surface area contributed by atoms with Crippen LogP contribution in [0.5, 0.6) is 0 Å². The van der Waals surface area contributed by atoms with Crippen LogP contribution in [0.15, 0.2) is 4.99 Å². The van der Waals surface area contributed by atoms with Crippen LogP contribution in [0.1, 0.15) is 65.2 Å². The zero-order valence-electron chi connectivity index (χ0n) is 15.9. The standard InChI is InChI=1S/C18H37N3O3/c1-4-6-15-23-16-11-14-21-18(19-3)20-13-10-8-7-9-12-17(22)24-5-2/h4-16H2,1-3H3,(H2,19,20,21). The highest BCUT2D eigenvalue weighted by atomic mass is 16.5. The van der Waals surface area contributed by atoms with Crippen molar-refractivity contribution in [2.45, 2.75) is 65.2 Å². The van der Waals surface area contributed by atoms with Gasteiger partial charge in [0.2, 0.25) is 0 Å². The highest BCUT2D eigenvalue weighted by molar-refractivity contribution is 5.79. The van der Waals surface area contributed by atoms with Crippen LogP contribution in [0.4, 0.5) is 0 Å². The molecule has 0 fully saturated rings. The molecule has 0 aromatic heterocycles. The lowest BCUT2D eigenvalue weighted by molar-refractivity contribution is -0.143. The fourth-order valence-electron chi connectivity index (χ4n) is 2.14. The van der Waals surface area contributed by atoms with E-state index < -0.39 is 0 Å². The van der Waals surface area contributed by atoms with E-state index in [4.69, 9.17) is 9.47 Å². The van der Waals surface area contributed by atoms with Gasteiger partial charge in [0, 0.05) is 39.8 Å². The molecule has 0 unspecified atom stereocenters. The summed E-state index contributed by atoms with van der Waals surface area (Å²) in [7, 11) is 1.78. The van der Waals surface area contributed by atoms with E-state index >= 15 is 0 Å². The van der Waals surface area contributed by atoms with Crippen molar-refractivity contribution >= 4 is 11.9 Å². The molecular weight excluding hydrogens is 306 g/mol. The molecule has 0 saturated heterocycles. The molecule has 24 heavy (non-hydrogen) atoms. The first-order valence-electron chi connectivity index (χ1n) is 9.42. The maximum atomic E-state index is 11.2. The van der Waals surface area contributed by atoms with Gasteiger partial charge in [-0.15, -0.1) is 0 Å². The van der Waals surface area contributed by atoms with Gasteiger partial charge in [0.15, 0.2) is 5.96 Å². The average molecular weight is 344 g/mol. The number of hydrogen-bond donors (Lipinski definition) is 2. The lowest BCUT2D eigenvalue weighted by Gasteiger charge is -2.12. The van der Waals surface area contributed by atoms with Crippen LogP contribution in [0, 0.1) is 0 Å². The van der Waals surface area contributed by atoms with Gasteiger partial charge < -0.3 is 20.1 Å². The number of hydrogen-bond acceptors (Lipinski definition) is 4. The summed E-state index contributed by atoms with van der Waals surface area (Å²) in [6.45, 7) is 7.90. The van der Waals surface area contributed by atoms with Crippen molar-refractivity contribution in [3.8, 4) is 0 Å². The minimum absolute atomic E-state index is 0.0844. The molecule has 0 saturated carbocycles. The van der Waals surface area contributed by atoms with Gasteiger partial charge in [0.25, 0.3) is 0 Å². The average Bonchev–Trinajstić information content (AvgIpc) is 2.58. The van der Waals surface area contributed by atoms with Gasteiger partial charge in [0.1, 0.15) is 0 Å². The van der Waals surface area contributed by atoms with E-state index in [1.165, 1.54) is 6.42 Å². The Morgan fingerprint density at radius 1 is 0.917 bits per heavy atom. The molecule has 0 aliphatic carbocycles. The van der Waals surface area contributed by atoms with Crippen LogP contribution in [0.3, 0.4) is 0 Å². The first-order valence-corrected chi connectivity index (χ1v) is 9.42. The fourth-order valence-corrected chi connectivity index (χ4v) is 2.14. The summed E-state index contributed by atoms with van der Waals surface area (Å²) in [4.78, 5) is 15.4. The van der Waals surface area contributed by atoms with Crippen molar-refractivity contribution in [2.75, 3.05) is 40.0 Å². The highest BCUT2D eigenvalue weighted by Crippen LogP contribution is 2.03. The smallest absolute Gasteiger partial charge is 0.305 e. The van der Waals surface area contributed by atoms with Gasteiger partial charge >= 0.3 is 5.97 Å². The van der Waals surface area contributed by atoms with Gasteiger partial charge in [-0.3, -0.25) is 9.79 Å². The summed E-state index contributed by atoms with van der Waals surface area (Å²) in [6.07, 6.45) is 7.97. The topological polar surface area (TPSA) is 72.0 Å². The molecule has 0 aromatic rings. The Balaban J connectivity index is 3.41. The molecule has 0 aromatic carbocycles. The maximum Gasteiger partial charge on any atom is 0.305 e. The van der Waals surface area contributed by atoms with E-state index in [-0.39, 0.29) is 5.97 Å². The molecule has 0 aliphatic rings. The van der Waals surface area contributed by atoms with Crippen LogP contribution in [0.25, 0.3) is 0 Å². The number of carbonyl (C=O) groups is 1. The lowest BCUT2D eigenvalue weighted by atomic mass is 10.1. The Labute approximate surface area is 147 Å². The molecular formula is C18H37N3O3. The van der Waals surface area contributed by atoms with E-state index in [0.29, 0.717) is 13.0 Å². The first-order chi connectivity index (χ1) is 11.7. The van der Waals surface area contributed by atoms with Crippen LogP contribution in [-0.4, -0.2) is 51.9 Å². The zero-order chi connectivity index (χ0) is 17.9. The van der Waals surface area contributed by atoms with Crippen LogP contribution in [-0.2, 0) is 14.3 Å². The first kappa shape index (κ1) is 22.7. The number of aliphatic imine (C=N–C) groups is 1. The second-order valence-electron chi connectivity index (χ2n) is 5.71. The summed E-state index contributed by atoms with van der Waals surface area (Å²) in [5.41, 5.74) is 0. The SMILES string of the molecule is CCCCOCCCNC(=NC)NCCCCCCC(=O)OCC. The molecule has 0 aliphatic heterocycles. The van der Waals surface area contributed by atoms with E-state index in [2.05, 4.69) is 22.5 Å². The summed E-state index contributed by atoms with van der Waals surface area (Å²) in [6, 6.07) is 0. The number of nitrogens with one attached hydrogen (secondary N) is 2. The van der Waals surface area contributed by atoms with Crippen molar-refractivity contribution in [3.05, 3.63) is 0 Å². The molecule has 142 valence electrons. The molecule has 0 bridgehead atoms. The monoisotopic (exact) mass is 343 g/mol. The Bertz CT molecular complexity index is 323. The minimum Gasteiger partial charge on any atom is -0.466 e. The highest BCUT2D eigenvalue weighted by Gasteiger charge is 2.01. The molecule has 0 radical (unpaired) electrons.